The molecule has 0 aliphatic carbocycles. The lowest BCUT2D eigenvalue weighted by molar-refractivity contribution is 0.152. The molecule has 1 aromatic carbocycles. The largest absolute Gasteiger partial charge is 0.324 e. The van der Waals surface area contributed by atoms with Crippen LogP contribution in [-0.4, -0.2) is 41.0 Å². The number of rotatable bonds is 2. The zero-order chi connectivity index (χ0) is 14.1. The molecule has 2 aromatic rings. The summed E-state index contributed by atoms with van der Waals surface area (Å²) in [5.74, 6) is 0.647. The number of piperazine rings is 1. The number of aromatic nitrogens is 2. The summed E-state index contributed by atoms with van der Waals surface area (Å²) in [6.07, 6.45) is 4.62. The molecular weight excluding hydrogens is 262 g/mol. The molecule has 4 rings (SSSR count). The number of hydrogen-bond donors (Lipinski definition) is 2. The molecule has 0 amide bonds. The second-order valence-corrected chi connectivity index (χ2v) is 5.62. The van der Waals surface area contributed by atoms with E-state index in [0.29, 0.717) is 12.0 Å². The Bertz CT molecular complexity index is 628. The molecule has 1 atom stereocenters. The number of anilines is 2. The van der Waals surface area contributed by atoms with Crippen molar-refractivity contribution in [2.75, 3.05) is 31.5 Å². The molecule has 3 heterocycles. The second kappa shape index (κ2) is 5.42. The van der Waals surface area contributed by atoms with Gasteiger partial charge in [-0.05, 0) is 35.7 Å². The van der Waals surface area contributed by atoms with Crippen LogP contribution in [0.1, 0.15) is 17.2 Å². The summed E-state index contributed by atoms with van der Waals surface area (Å²) >= 11 is 0. The van der Waals surface area contributed by atoms with Crippen LogP contribution in [-0.2, 0) is 6.42 Å². The Labute approximate surface area is 124 Å². The van der Waals surface area contributed by atoms with E-state index in [1.165, 1.54) is 11.1 Å². The molecule has 2 N–H and O–H groups in total. The SMILES string of the molecule is c1cnc(Nc2ccc3c(c2)CCN2CCNC[C@@H]32)nc1. The Morgan fingerprint density at radius 1 is 1.19 bits per heavy atom. The molecule has 1 fully saturated rings. The lowest BCUT2D eigenvalue weighted by Gasteiger charge is -2.41. The lowest BCUT2D eigenvalue weighted by atomic mass is 9.91. The van der Waals surface area contributed by atoms with E-state index in [4.69, 9.17) is 0 Å². The van der Waals surface area contributed by atoms with Crippen molar-refractivity contribution in [3.8, 4) is 0 Å². The second-order valence-electron chi connectivity index (χ2n) is 5.62. The number of fused-ring (bicyclic) bond motifs is 3. The zero-order valence-corrected chi connectivity index (χ0v) is 11.9. The fourth-order valence-corrected chi connectivity index (χ4v) is 3.30. The van der Waals surface area contributed by atoms with E-state index in [0.717, 1.165) is 38.3 Å². The van der Waals surface area contributed by atoms with Gasteiger partial charge < -0.3 is 10.6 Å². The first kappa shape index (κ1) is 12.7. The van der Waals surface area contributed by atoms with Crippen molar-refractivity contribution in [3.63, 3.8) is 0 Å². The van der Waals surface area contributed by atoms with Crippen LogP contribution < -0.4 is 10.6 Å². The molecule has 1 aromatic heterocycles. The van der Waals surface area contributed by atoms with Crippen LogP contribution in [0.3, 0.4) is 0 Å². The predicted octanol–water partition coefficient (Wildman–Crippen LogP) is 1.72. The van der Waals surface area contributed by atoms with E-state index >= 15 is 0 Å². The fourth-order valence-electron chi connectivity index (χ4n) is 3.30. The van der Waals surface area contributed by atoms with Gasteiger partial charge in [-0.3, -0.25) is 4.90 Å². The first-order chi connectivity index (χ1) is 10.4. The first-order valence-corrected chi connectivity index (χ1v) is 7.52. The van der Waals surface area contributed by atoms with Crippen LogP contribution in [0.15, 0.2) is 36.7 Å². The van der Waals surface area contributed by atoms with Gasteiger partial charge in [-0.2, -0.15) is 0 Å². The highest BCUT2D eigenvalue weighted by Crippen LogP contribution is 2.32. The van der Waals surface area contributed by atoms with Crippen molar-refractivity contribution in [1.29, 1.82) is 0 Å². The van der Waals surface area contributed by atoms with Gasteiger partial charge in [-0.15, -0.1) is 0 Å². The molecule has 2 aliphatic rings. The molecule has 5 heteroatoms. The van der Waals surface area contributed by atoms with Crippen molar-refractivity contribution in [2.24, 2.45) is 0 Å². The molecule has 108 valence electrons. The third kappa shape index (κ3) is 2.50. The molecule has 0 saturated carbocycles. The maximum absolute atomic E-state index is 4.21. The van der Waals surface area contributed by atoms with E-state index in [2.05, 4.69) is 43.7 Å². The first-order valence-electron chi connectivity index (χ1n) is 7.52. The average Bonchev–Trinajstić information content (AvgIpc) is 2.55. The van der Waals surface area contributed by atoms with Gasteiger partial charge in [0.1, 0.15) is 0 Å². The third-order valence-electron chi connectivity index (χ3n) is 4.35. The molecule has 21 heavy (non-hydrogen) atoms. The van der Waals surface area contributed by atoms with Crippen LogP contribution >= 0.6 is 0 Å². The minimum Gasteiger partial charge on any atom is -0.324 e. The maximum Gasteiger partial charge on any atom is 0.227 e. The van der Waals surface area contributed by atoms with Crippen molar-refractivity contribution in [2.45, 2.75) is 12.5 Å². The van der Waals surface area contributed by atoms with Crippen LogP contribution in [0.25, 0.3) is 0 Å². The summed E-state index contributed by atoms with van der Waals surface area (Å²) in [4.78, 5) is 11.0. The topological polar surface area (TPSA) is 53.1 Å². The number of nitrogens with one attached hydrogen (secondary N) is 2. The smallest absolute Gasteiger partial charge is 0.227 e. The predicted molar refractivity (Wildman–Crippen MR) is 82.6 cm³/mol. The highest BCUT2D eigenvalue weighted by molar-refractivity contribution is 5.56. The van der Waals surface area contributed by atoms with Gasteiger partial charge in [0.25, 0.3) is 0 Å². The van der Waals surface area contributed by atoms with E-state index in [9.17, 15) is 0 Å². The van der Waals surface area contributed by atoms with Crippen LogP contribution in [0.5, 0.6) is 0 Å². The Balaban J connectivity index is 1.60. The van der Waals surface area contributed by atoms with Crippen molar-refractivity contribution in [1.82, 2.24) is 20.2 Å². The molecule has 5 nitrogen and oxygen atoms in total. The summed E-state index contributed by atoms with van der Waals surface area (Å²) in [5.41, 5.74) is 3.98. The van der Waals surface area contributed by atoms with E-state index in [-0.39, 0.29) is 0 Å². The summed E-state index contributed by atoms with van der Waals surface area (Å²) in [6.45, 7) is 4.48. The van der Waals surface area contributed by atoms with Crippen molar-refractivity contribution >= 4 is 11.6 Å². The Hall–Kier alpha value is -1.98. The van der Waals surface area contributed by atoms with Gasteiger partial charge in [0.05, 0.1) is 0 Å². The summed E-state index contributed by atoms with van der Waals surface area (Å²) < 4.78 is 0. The number of nitrogens with zero attached hydrogens (tertiary/aromatic N) is 3. The minimum absolute atomic E-state index is 0.532. The summed E-state index contributed by atoms with van der Waals surface area (Å²) in [7, 11) is 0. The van der Waals surface area contributed by atoms with E-state index in [1.54, 1.807) is 12.4 Å². The van der Waals surface area contributed by atoms with Gasteiger partial charge in [0.15, 0.2) is 0 Å². The number of benzene rings is 1. The van der Waals surface area contributed by atoms with Gasteiger partial charge >= 0.3 is 0 Å². The highest BCUT2D eigenvalue weighted by Gasteiger charge is 2.29. The van der Waals surface area contributed by atoms with Crippen LogP contribution in [0.2, 0.25) is 0 Å². The Morgan fingerprint density at radius 3 is 3.00 bits per heavy atom. The van der Waals surface area contributed by atoms with E-state index < -0.39 is 0 Å². The third-order valence-corrected chi connectivity index (χ3v) is 4.35. The van der Waals surface area contributed by atoms with Crippen molar-refractivity contribution < 1.29 is 0 Å². The van der Waals surface area contributed by atoms with Gasteiger partial charge in [-0.25, -0.2) is 9.97 Å². The quantitative estimate of drug-likeness (QED) is 0.878. The summed E-state index contributed by atoms with van der Waals surface area (Å²) in [5, 5.41) is 6.78. The Morgan fingerprint density at radius 2 is 2.10 bits per heavy atom. The normalized spacial score (nSPS) is 21.4. The van der Waals surface area contributed by atoms with Crippen LogP contribution in [0, 0.1) is 0 Å². The van der Waals surface area contributed by atoms with Crippen LogP contribution in [0.4, 0.5) is 11.6 Å². The minimum atomic E-state index is 0.532. The molecule has 0 unspecified atom stereocenters. The molecule has 0 radical (unpaired) electrons. The molecule has 2 aliphatic heterocycles. The average molecular weight is 281 g/mol. The van der Waals surface area contributed by atoms with E-state index in [1.807, 2.05) is 6.07 Å². The maximum atomic E-state index is 4.21. The summed E-state index contributed by atoms with van der Waals surface area (Å²) in [6, 6.07) is 8.99. The molecule has 0 spiro atoms. The zero-order valence-electron chi connectivity index (χ0n) is 11.9. The number of hydrogen-bond acceptors (Lipinski definition) is 5. The molecule has 1 saturated heterocycles. The van der Waals surface area contributed by atoms with Gasteiger partial charge in [0.2, 0.25) is 5.95 Å². The lowest BCUT2D eigenvalue weighted by Crippen LogP contribution is -2.48. The van der Waals surface area contributed by atoms with Gasteiger partial charge in [-0.1, -0.05) is 6.07 Å². The highest BCUT2D eigenvalue weighted by atomic mass is 15.2. The van der Waals surface area contributed by atoms with Gasteiger partial charge in [0, 0.05) is 50.3 Å². The Kier molecular flexibility index (Phi) is 3.29. The molecular formula is C16H19N5. The van der Waals surface area contributed by atoms with Crippen molar-refractivity contribution in [3.05, 3.63) is 47.8 Å². The monoisotopic (exact) mass is 281 g/mol. The molecule has 0 bridgehead atoms. The standard InChI is InChI=1S/C16H19N5/c1-5-18-16(19-6-1)20-13-2-3-14-12(10-13)4-8-21-9-7-17-11-15(14)21/h1-3,5-6,10,15,17H,4,7-9,11H2,(H,18,19,20)/t15-/m0/s1. The fraction of sp³-hybridized carbons (Fsp3) is 0.375.